The molecule has 2 heterocycles. The molecule has 0 aromatic carbocycles. The average molecular weight is 277 g/mol. The van der Waals surface area contributed by atoms with E-state index in [-0.39, 0.29) is 0 Å². The second kappa shape index (κ2) is 7.60. The van der Waals surface area contributed by atoms with E-state index in [1.165, 1.54) is 18.4 Å². The minimum atomic E-state index is 0.576. The monoisotopic (exact) mass is 277 g/mol. The van der Waals surface area contributed by atoms with Gasteiger partial charge in [-0.05, 0) is 42.9 Å². The van der Waals surface area contributed by atoms with E-state index in [0.29, 0.717) is 12.5 Å². The van der Waals surface area contributed by atoms with Crippen molar-refractivity contribution in [3.05, 3.63) is 23.4 Å². The van der Waals surface area contributed by atoms with Crippen LogP contribution in [-0.2, 0) is 17.7 Å². The molecule has 0 bridgehead atoms. The number of ether oxygens (including phenoxy) is 1. The van der Waals surface area contributed by atoms with Crippen LogP contribution in [0.5, 0.6) is 0 Å². The second-order valence-electron chi connectivity index (χ2n) is 5.74. The quantitative estimate of drug-likeness (QED) is 0.867. The van der Waals surface area contributed by atoms with Crippen LogP contribution in [-0.4, -0.2) is 31.8 Å². The van der Waals surface area contributed by atoms with E-state index < -0.39 is 0 Å². The summed E-state index contributed by atoms with van der Waals surface area (Å²) < 4.78 is 5.56. The van der Waals surface area contributed by atoms with Crippen LogP contribution in [0.4, 0.5) is 5.82 Å². The van der Waals surface area contributed by atoms with Gasteiger partial charge in [0, 0.05) is 32.4 Å². The highest BCUT2D eigenvalue weighted by atomic mass is 16.5. The van der Waals surface area contributed by atoms with Crippen LogP contribution in [0, 0.1) is 5.92 Å². The Hall–Kier alpha value is -1.13. The van der Waals surface area contributed by atoms with Gasteiger partial charge in [-0.2, -0.15) is 0 Å². The van der Waals surface area contributed by atoms with E-state index in [4.69, 9.17) is 15.5 Å². The van der Waals surface area contributed by atoms with E-state index >= 15 is 0 Å². The van der Waals surface area contributed by atoms with E-state index in [1.54, 1.807) is 0 Å². The molecule has 1 aliphatic heterocycles. The molecule has 2 N–H and O–H groups in total. The summed E-state index contributed by atoms with van der Waals surface area (Å²) in [5.74, 6) is 1.66. The minimum Gasteiger partial charge on any atom is -0.381 e. The molecule has 2 rings (SSSR count). The number of hydrogen-bond donors (Lipinski definition) is 1. The summed E-state index contributed by atoms with van der Waals surface area (Å²) in [5.41, 5.74) is 8.12. The van der Waals surface area contributed by atoms with E-state index in [0.717, 1.165) is 44.1 Å². The van der Waals surface area contributed by atoms with Crippen molar-refractivity contribution in [3.63, 3.8) is 0 Å². The van der Waals surface area contributed by atoms with Crippen LogP contribution in [0.2, 0.25) is 0 Å². The predicted octanol–water partition coefficient (Wildman–Crippen LogP) is 2.36. The number of nitrogens with two attached hydrogens (primary N) is 1. The smallest absolute Gasteiger partial charge is 0.128 e. The van der Waals surface area contributed by atoms with Crippen LogP contribution in [0.25, 0.3) is 0 Å². The zero-order valence-electron chi connectivity index (χ0n) is 12.8. The number of hydrogen-bond acceptors (Lipinski definition) is 4. The number of rotatable bonds is 6. The summed E-state index contributed by atoms with van der Waals surface area (Å²) in [4.78, 5) is 7.01. The Kier molecular flexibility index (Phi) is 5.80. The standard InChI is InChI=1S/C16H27N3O/c1-3-5-15-8-14(10-17)9-16(18-15)19(2)11-13-6-4-7-20-12-13/h8-9,13H,3-7,10-12,17H2,1-2H3. The van der Waals surface area contributed by atoms with Gasteiger partial charge < -0.3 is 15.4 Å². The molecule has 1 unspecified atom stereocenters. The first-order valence-electron chi connectivity index (χ1n) is 7.71. The third kappa shape index (κ3) is 4.18. The van der Waals surface area contributed by atoms with E-state index in [1.807, 2.05) is 0 Å². The molecule has 1 aliphatic rings. The first-order valence-corrected chi connectivity index (χ1v) is 7.71. The summed E-state index contributed by atoms with van der Waals surface area (Å²) in [6.45, 7) is 5.56. The molecule has 4 nitrogen and oxygen atoms in total. The van der Waals surface area contributed by atoms with Crippen molar-refractivity contribution < 1.29 is 4.74 Å². The van der Waals surface area contributed by atoms with Gasteiger partial charge >= 0.3 is 0 Å². The first-order chi connectivity index (χ1) is 9.72. The number of aryl methyl sites for hydroxylation is 1. The Balaban J connectivity index is 2.06. The largest absolute Gasteiger partial charge is 0.381 e. The topological polar surface area (TPSA) is 51.4 Å². The summed E-state index contributed by atoms with van der Waals surface area (Å²) in [6.07, 6.45) is 4.56. The Labute approximate surface area is 122 Å². The maximum absolute atomic E-state index is 5.80. The summed E-state index contributed by atoms with van der Waals surface area (Å²) in [7, 11) is 2.12. The normalized spacial score (nSPS) is 19.1. The third-order valence-electron chi connectivity index (χ3n) is 3.84. The lowest BCUT2D eigenvalue weighted by Gasteiger charge is -2.28. The van der Waals surface area contributed by atoms with Gasteiger partial charge in [-0.3, -0.25) is 0 Å². The molecule has 1 aromatic heterocycles. The average Bonchev–Trinajstić information content (AvgIpc) is 2.48. The molecule has 1 fully saturated rings. The fourth-order valence-electron chi connectivity index (χ4n) is 2.76. The Morgan fingerprint density at radius 2 is 2.30 bits per heavy atom. The third-order valence-corrected chi connectivity index (χ3v) is 3.84. The van der Waals surface area contributed by atoms with Crippen molar-refractivity contribution in [3.8, 4) is 0 Å². The lowest BCUT2D eigenvalue weighted by Crippen LogP contribution is -2.31. The number of aromatic nitrogens is 1. The molecule has 0 radical (unpaired) electrons. The molecule has 112 valence electrons. The second-order valence-corrected chi connectivity index (χ2v) is 5.74. The number of anilines is 1. The maximum Gasteiger partial charge on any atom is 0.128 e. The van der Waals surface area contributed by atoms with Gasteiger partial charge in [-0.1, -0.05) is 13.3 Å². The first kappa shape index (κ1) is 15.3. The molecule has 4 heteroatoms. The van der Waals surface area contributed by atoms with Crippen molar-refractivity contribution in [1.82, 2.24) is 4.98 Å². The van der Waals surface area contributed by atoms with Gasteiger partial charge in [0.1, 0.15) is 5.82 Å². The van der Waals surface area contributed by atoms with Crippen molar-refractivity contribution >= 4 is 5.82 Å². The predicted molar refractivity (Wildman–Crippen MR) is 82.9 cm³/mol. The molecule has 1 saturated heterocycles. The Bertz CT molecular complexity index is 416. The summed E-state index contributed by atoms with van der Waals surface area (Å²) in [6, 6.07) is 4.24. The van der Waals surface area contributed by atoms with Crippen molar-refractivity contribution in [1.29, 1.82) is 0 Å². The maximum atomic E-state index is 5.80. The SMILES string of the molecule is CCCc1cc(CN)cc(N(C)CC2CCCOC2)n1. The van der Waals surface area contributed by atoms with Crippen LogP contribution in [0.1, 0.15) is 37.4 Å². The Morgan fingerprint density at radius 1 is 1.45 bits per heavy atom. The molecule has 0 saturated carbocycles. The molecule has 0 amide bonds. The zero-order chi connectivity index (χ0) is 14.4. The summed E-state index contributed by atoms with van der Waals surface area (Å²) in [5, 5.41) is 0. The van der Waals surface area contributed by atoms with Gasteiger partial charge in [0.25, 0.3) is 0 Å². The molecule has 0 aliphatic carbocycles. The van der Waals surface area contributed by atoms with E-state index in [2.05, 4.69) is 31.0 Å². The zero-order valence-corrected chi connectivity index (χ0v) is 12.8. The summed E-state index contributed by atoms with van der Waals surface area (Å²) >= 11 is 0. The molecule has 20 heavy (non-hydrogen) atoms. The fraction of sp³-hybridized carbons (Fsp3) is 0.688. The fourth-order valence-corrected chi connectivity index (χ4v) is 2.76. The van der Waals surface area contributed by atoms with Gasteiger partial charge in [0.2, 0.25) is 0 Å². The molecular weight excluding hydrogens is 250 g/mol. The van der Waals surface area contributed by atoms with Crippen LogP contribution in [0.3, 0.4) is 0 Å². The highest BCUT2D eigenvalue weighted by molar-refractivity contribution is 5.42. The van der Waals surface area contributed by atoms with Crippen LogP contribution < -0.4 is 10.6 Å². The van der Waals surface area contributed by atoms with Gasteiger partial charge in [0.15, 0.2) is 0 Å². The number of nitrogens with zero attached hydrogens (tertiary/aromatic N) is 2. The van der Waals surface area contributed by atoms with Crippen molar-refractivity contribution in [2.45, 2.75) is 39.2 Å². The molecule has 1 aromatic rings. The van der Waals surface area contributed by atoms with Gasteiger partial charge in [-0.15, -0.1) is 0 Å². The highest BCUT2D eigenvalue weighted by Crippen LogP contribution is 2.19. The molecule has 1 atom stereocenters. The lowest BCUT2D eigenvalue weighted by atomic mass is 10.0. The Morgan fingerprint density at radius 3 is 2.95 bits per heavy atom. The lowest BCUT2D eigenvalue weighted by molar-refractivity contribution is 0.0576. The van der Waals surface area contributed by atoms with Crippen LogP contribution >= 0.6 is 0 Å². The molecule has 0 spiro atoms. The number of pyridine rings is 1. The van der Waals surface area contributed by atoms with Crippen molar-refractivity contribution in [2.75, 3.05) is 31.7 Å². The van der Waals surface area contributed by atoms with Crippen LogP contribution in [0.15, 0.2) is 12.1 Å². The van der Waals surface area contributed by atoms with Gasteiger partial charge in [-0.25, -0.2) is 4.98 Å². The van der Waals surface area contributed by atoms with Crippen molar-refractivity contribution in [2.24, 2.45) is 11.7 Å². The highest BCUT2D eigenvalue weighted by Gasteiger charge is 2.17. The minimum absolute atomic E-state index is 0.576. The molecular formula is C16H27N3O. The van der Waals surface area contributed by atoms with Gasteiger partial charge in [0.05, 0.1) is 6.61 Å². The van der Waals surface area contributed by atoms with E-state index in [9.17, 15) is 0 Å².